The Balaban J connectivity index is 3.07. The van der Waals surface area contributed by atoms with Crippen molar-refractivity contribution in [2.45, 2.75) is 11.1 Å². The fourth-order valence-corrected chi connectivity index (χ4v) is 1.43. The van der Waals surface area contributed by atoms with Crippen molar-refractivity contribution < 1.29 is 18.0 Å². The van der Waals surface area contributed by atoms with Crippen LogP contribution in [0.4, 0.5) is 23.7 Å². The second-order valence-corrected chi connectivity index (χ2v) is 3.97. The largest absolute Gasteiger partial charge is 0.417 e. The van der Waals surface area contributed by atoms with Gasteiger partial charge in [-0.25, -0.2) is 4.79 Å². The van der Waals surface area contributed by atoms with E-state index in [9.17, 15) is 18.0 Å². The van der Waals surface area contributed by atoms with Crippen molar-refractivity contribution in [1.29, 1.82) is 0 Å². The highest BCUT2D eigenvalue weighted by molar-refractivity contribution is 7.80. The molecule has 0 aliphatic rings. The predicted molar refractivity (Wildman–Crippen MR) is 61.4 cm³/mol. The number of hydrogen-bond donors (Lipinski definition) is 2. The smallest absolute Gasteiger partial charge is 0.331 e. The third-order valence-electron chi connectivity index (χ3n) is 1.99. The Morgan fingerprint density at radius 2 is 1.94 bits per heavy atom. The molecule has 0 heterocycles. The van der Waals surface area contributed by atoms with Gasteiger partial charge in [-0.15, -0.1) is 12.6 Å². The Labute approximate surface area is 102 Å². The van der Waals surface area contributed by atoms with E-state index in [1.165, 1.54) is 31.1 Å². The number of urea groups is 1. The van der Waals surface area contributed by atoms with E-state index in [0.717, 1.165) is 6.07 Å². The fraction of sp³-hybridized carbons (Fsp3) is 0.300. The average molecular weight is 264 g/mol. The van der Waals surface area contributed by atoms with Crippen molar-refractivity contribution in [3.63, 3.8) is 0 Å². The second kappa shape index (κ2) is 4.87. The summed E-state index contributed by atoms with van der Waals surface area (Å²) in [7, 11) is 2.97. The molecule has 94 valence electrons. The summed E-state index contributed by atoms with van der Waals surface area (Å²) in [4.78, 5) is 12.2. The summed E-state index contributed by atoms with van der Waals surface area (Å²) in [6.07, 6.45) is -4.49. The van der Waals surface area contributed by atoms with Crippen molar-refractivity contribution in [3.05, 3.63) is 23.8 Å². The number of nitrogens with zero attached hydrogens (tertiary/aromatic N) is 1. The van der Waals surface area contributed by atoms with E-state index in [2.05, 4.69) is 17.9 Å². The molecule has 0 fully saturated rings. The molecule has 0 unspecified atom stereocenters. The van der Waals surface area contributed by atoms with Crippen LogP contribution in [0.15, 0.2) is 23.1 Å². The molecule has 0 atom stereocenters. The highest BCUT2D eigenvalue weighted by Crippen LogP contribution is 2.37. The van der Waals surface area contributed by atoms with Gasteiger partial charge in [0.05, 0.1) is 11.3 Å². The minimum absolute atomic E-state index is 0.0295. The molecule has 0 bridgehead atoms. The normalized spacial score (nSPS) is 11.2. The van der Waals surface area contributed by atoms with Crippen LogP contribution in [-0.4, -0.2) is 25.0 Å². The first kappa shape index (κ1) is 13.7. The maximum absolute atomic E-state index is 12.6. The summed E-state index contributed by atoms with van der Waals surface area (Å²) in [5, 5.41) is 2.33. The third kappa shape index (κ3) is 3.29. The molecule has 0 spiro atoms. The van der Waals surface area contributed by atoms with Crippen LogP contribution in [0.1, 0.15) is 5.56 Å². The Hall–Kier alpha value is -1.37. The number of amides is 2. The maximum Gasteiger partial charge on any atom is 0.417 e. The number of alkyl halides is 3. The molecule has 0 saturated heterocycles. The minimum Gasteiger partial charge on any atom is -0.331 e. The zero-order valence-electron chi connectivity index (χ0n) is 9.17. The van der Waals surface area contributed by atoms with Crippen LogP contribution in [0.25, 0.3) is 0 Å². The first-order valence-electron chi connectivity index (χ1n) is 4.61. The second-order valence-electron chi connectivity index (χ2n) is 3.52. The van der Waals surface area contributed by atoms with Crippen LogP contribution in [-0.2, 0) is 6.18 Å². The van der Waals surface area contributed by atoms with Crippen LogP contribution in [0.2, 0.25) is 0 Å². The highest BCUT2D eigenvalue weighted by atomic mass is 32.1. The lowest BCUT2D eigenvalue weighted by Gasteiger charge is -2.16. The number of nitrogens with one attached hydrogen (secondary N) is 1. The minimum atomic E-state index is -4.49. The number of halogens is 3. The summed E-state index contributed by atoms with van der Waals surface area (Å²) in [5.74, 6) is 0. The molecule has 0 saturated carbocycles. The van der Waals surface area contributed by atoms with Crippen molar-refractivity contribution in [1.82, 2.24) is 4.90 Å². The number of carbonyl (C=O) groups is 1. The average Bonchev–Trinajstić information content (AvgIpc) is 2.19. The topological polar surface area (TPSA) is 32.3 Å². The van der Waals surface area contributed by atoms with E-state index in [-0.39, 0.29) is 10.6 Å². The molecule has 1 rings (SSSR count). The van der Waals surface area contributed by atoms with Gasteiger partial charge in [0.25, 0.3) is 0 Å². The van der Waals surface area contributed by atoms with E-state index < -0.39 is 17.8 Å². The van der Waals surface area contributed by atoms with Crippen LogP contribution in [0.3, 0.4) is 0 Å². The van der Waals surface area contributed by atoms with Crippen LogP contribution < -0.4 is 5.32 Å². The Kier molecular flexibility index (Phi) is 3.92. The van der Waals surface area contributed by atoms with Gasteiger partial charge >= 0.3 is 12.2 Å². The molecule has 1 aromatic rings. The fourth-order valence-electron chi connectivity index (χ4n) is 1.10. The van der Waals surface area contributed by atoms with Crippen molar-refractivity contribution in [2.75, 3.05) is 19.4 Å². The molecule has 0 aliphatic heterocycles. The standard InChI is InChI=1S/C10H11F3N2OS/c1-15(2)9(16)14-7-5-3-4-6(8(7)17)10(11,12)13/h3-5,17H,1-2H3,(H,14,16). The SMILES string of the molecule is CN(C)C(=O)Nc1cccc(C(F)(F)F)c1S. The molecule has 0 aromatic heterocycles. The van der Waals surface area contributed by atoms with Gasteiger partial charge in [-0.05, 0) is 12.1 Å². The molecule has 2 amide bonds. The summed E-state index contributed by atoms with van der Waals surface area (Å²) in [5.41, 5.74) is -0.848. The van der Waals surface area contributed by atoms with Gasteiger partial charge in [-0.2, -0.15) is 13.2 Å². The first-order valence-corrected chi connectivity index (χ1v) is 5.05. The lowest BCUT2D eigenvalue weighted by molar-refractivity contribution is -0.139. The predicted octanol–water partition coefficient (Wildman–Crippen LogP) is 3.09. The quantitative estimate of drug-likeness (QED) is 0.751. The molecule has 1 N–H and O–H groups in total. The van der Waals surface area contributed by atoms with E-state index in [1.54, 1.807) is 0 Å². The number of anilines is 1. The monoisotopic (exact) mass is 264 g/mol. The number of thiol groups is 1. The van der Waals surface area contributed by atoms with E-state index in [1.807, 2.05) is 0 Å². The molecule has 1 aromatic carbocycles. The third-order valence-corrected chi connectivity index (χ3v) is 2.47. The van der Waals surface area contributed by atoms with Gasteiger partial charge in [-0.1, -0.05) is 6.07 Å². The molecular formula is C10H11F3N2OS. The molecule has 3 nitrogen and oxygen atoms in total. The Morgan fingerprint density at radius 1 is 1.35 bits per heavy atom. The first-order chi connectivity index (χ1) is 7.73. The van der Waals surface area contributed by atoms with E-state index >= 15 is 0 Å². The lowest BCUT2D eigenvalue weighted by Crippen LogP contribution is -2.27. The Morgan fingerprint density at radius 3 is 2.41 bits per heavy atom. The van der Waals surface area contributed by atoms with Gasteiger partial charge in [0.2, 0.25) is 0 Å². The zero-order valence-corrected chi connectivity index (χ0v) is 10.1. The summed E-state index contributed by atoms with van der Waals surface area (Å²) >= 11 is 3.79. The summed E-state index contributed by atoms with van der Waals surface area (Å²) in [6.45, 7) is 0. The van der Waals surface area contributed by atoms with E-state index in [0.29, 0.717) is 0 Å². The van der Waals surface area contributed by atoms with Gasteiger partial charge in [0, 0.05) is 19.0 Å². The van der Waals surface area contributed by atoms with Gasteiger partial charge < -0.3 is 10.2 Å². The molecule has 7 heteroatoms. The van der Waals surface area contributed by atoms with Crippen molar-refractivity contribution >= 4 is 24.3 Å². The van der Waals surface area contributed by atoms with Crippen LogP contribution >= 0.6 is 12.6 Å². The number of rotatable bonds is 1. The van der Waals surface area contributed by atoms with Crippen LogP contribution in [0.5, 0.6) is 0 Å². The number of hydrogen-bond acceptors (Lipinski definition) is 2. The Bertz CT molecular complexity index is 432. The zero-order chi connectivity index (χ0) is 13.2. The van der Waals surface area contributed by atoms with E-state index in [4.69, 9.17) is 0 Å². The summed E-state index contributed by atoms with van der Waals surface area (Å²) in [6, 6.07) is 2.97. The van der Waals surface area contributed by atoms with Crippen LogP contribution in [0, 0.1) is 0 Å². The number of carbonyl (C=O) groups excluding carboxylic acids is 1. The van der Waals surface area contributed by atoms with Crippen molar-refractivity contribution in [2.24, 2.45) is 0 Å². The summed E-state index contributed by atoms with van der Waals surface area (Å²) < 4.78 is 37.7. The molecule has 0 aliphatic carbocycles. The lowest BCUT2D eigenvalue weighted by atomic mass is 10.2. The molecule has 0 radical (unpaired) electrons. The van der Waals surface area contributed by atoms with Crippen molar-refractivity contribution in [3.8, 4) is 0 Å². The van der Waals surface area contributed by atoms with Gasteiger partial charge in [0.15, 0.2) is 0 Å². The highest BCUT2D eigenvalue weighted by Gasteiger charge is 2.33. The molecular weight excluding hydrogens is 253 g/mol. The van der Waals surface area contributed by atoms with Gasteiger partial charge in [-0.3, -0.25) is 0 Å². The molecule has 17 heavy (non-hydrogen) atoms. The maximum atomic E-state index is 12.6. The number of benzene rings is 1. The van der Waals surface area contributed by atoms with Gasteiger partial charge in [0.1, 0.15) is 0 Å².